The van der Waals surface area contributed by atoms with Gasteiger partial charge in [0.05, 0.1) is 11.0 Å². The number of hydrogen-bond donors (Lipinski definition) is 2. The van der Waals surface area contributed by atoms with Gasteiger partial charge in [0.1, 0.15) is 10.6 Å². The topological polar surface area (TPSA) is 92.5 Å². The fraction of sp³-hybridized carbons (Fsp3) is 0.417. The molecule has 1 aromatic rings. The molecule has 7 heteroatoms. The molecule has 0 aliphatic rings. The number of nitro benzene ring substituents is 1. The van der Waals surface area contributed by atoms with Gasteiger partial charge in [-0.1, -0.05) is 17.7 Å². The molecule has 0 radical (unpaired) electrons. The Morgan fingerprint density at radius 3 is 2.84 bits per heavy atom. The standard InChI is InChI=1S/C12H15ClN2O4/c1-8(16)4-3-7-14-12(17)9-5-2-6-10(13)11(9)15(18)19/h2,5-6,8,16H,3-4,7H2,1H3,(H,14,17). The summed E-state index contributed by atoms with van der Waals surface area (Å²) in [6.45, 7) is 2.00. The van der Waals surface area contributed by atoms with E-state index in [-0.39, 0.29) is 10.6 Å². The van der Waals surface area contributed by atoms with Crippen molar-refractivity contribution in [2.45, 2.75) is 25.9 Å². The van der Waals surface area contributed by atoms with Crippen molar-refractivity contribution in [1.29, 1.82) is 0 Å². The molecule has 0 aliphatic carbocycles. The number of aliphatic hydroxyl groups is 1. The second-order valence-electron chi connectivity index (χ2n) is 4.14. The highest BCUT2D eigenvalue weighted by Gasteiger charge is 2.23. The summed E-state index contributed by atoms with van der Waals surface area (Å²) in [6, 6.07) is 4.21. The molecule has 0 bridgehead atoms. The highest BCUT2D eigenvalue weighted by atomic mass is 35.5. The van der Waals surface area contributed by atoms with Crippen LogP contribution >= 0.6 is 11.6 Å². The Morgan fingerprint density at radius 2 is 2.26 bits per heavy atom. The zero-order valence-corrected chi connectivity index (χ0v) is 11.2. The van der Waals surface area contributed by atoms with Crippen molar-refractivity contribution in [1.82, 2.24) is 5.32 Å². The first-order valence-electron chi connectivity index (χ1n) is 5.82. The average Bonchev–Trinajstić information content (AvgIpc) is 2.33. The van der Waals surface area contributed by atoms with Crippen molar-refractivity contribution in [2.24, 2.45) is 0 Å². The first kappa shape index (κ1) is 15.4. The second kappa shape index (κ2) is 7.06. The highest BCUT2D eigenvalue weighted by Crippen LogP contribution is 2.27. The number of nitrogens with zero attached hydrogens (tertiary/aromatic N) is 1. The summed E-state index contributed by atoms with van der Waals surface area (Å²) >= 11 is 5.72. The minimum Gasteiger partial charge on any atom is -0.393 e. The predicted molar refractivity (Wildman–Crippen MR) is 71.4 cm³/mol. The van der Waals surface area contributed by atoms with Crippen LogP contribution in [0.15, 0.2) is 18.2 Å². The minimum atomic E-state index is -0.674. The van der Waals surface area contributed by atoms with Gasteiger partial charge in [0.25, 0.3) is 5.91 Å². The summed E-state index contributed by atoms with van der Waals surface area (Å²) < 4.78 is 0. The lowest BCUT2D eigenvalue weighted by Gasteiger charge is -2.07. The number of amides is 1. The van der Waals surface area contributed by atoms with Crippen LogP contribution in [0.4, 0.5) is 5.69 Å². The van der Waals surface area contributed by atoms with E-state index in [1.165, 1.54) is 18.2 Å². The van der Waals surface area contributed by atoms with Crippen molar-refractivity contribution in [3.63, 3.8) is 0 Å². The molecule has 6 nitrogen and oxygen atoms in total. The monoisotopic (exact) mass is 286 g/mol. The molecule has 0 aromatic heterocycles. The Hall–Kier alpha value is -1.66. The molecule has 0 aliphatic heterocycles. The maximum Gasteiger partial charge on any atom is 0.300 e. The maximum atomic E-state index is 11.8. The number of hydrogen-bond acceptors (Lipinski definition) is 4. The van der Waals surface area contributed by atoms with Gasteiger partial charge >= 0.3 is 5.69 Å². The third-order valence-corrected chi connectivity index (χ3v) is 2.80. The number of carbonyl (C=O) groups is 1. The van der Waals surface area contributed by atoms with Gasteiger partial charge < -0.3 is 10.4 Å². The van der Waals surface area contributed by atoms with Crippen LogP contribution in [0.5, 0.6) is 0 Å². The molecule has 2 N–H and O–H groups in total. The van der Waals surface area contributed by atoms with E-state index >= 15 is 0 Å². The minimum absolute atomic E-state index is 0.0606. The largest absolute Gasteiger partial charge is 0.393 e. The Morgan fingerprint density at radius 1 is 1.58 bits per heavy atom. The van der Waals surface area contributed by atoms with Crippen LogP contribution in [0.25, 0.3) is 0 Å². The number of para-hydroxylation sites is 1. The van der Waals surface area contributed by atoms with Crippen molar-refractivity contribution < 1.29 is 14.8 Å². The molecule has 0 fully saturated rings. The fourth-order valence-corrected chi connectivity index (χ4v) is 1.82. The van der Waals surface area contributed by atoms with Gasteiger partial charge in [-0.2, -0.15) is 0 Å². The summed E-state index contributed by atoms with van der Waals surface area (Å²) in [5.74, 6) is -0.542. The molecule has 0 saturated heterocycles. The normalized spacial score (nSPS) is 11.9. The van der Waals surface area contributed by atoms with E-state index in [0.717, 1.165) is 0 Å². The zero-order valence-electron chi connectivity index (χ0n) is 10.4. The quantitative estimate of drug-likeness (QED) is 0.476. The first-order chi connectivity index (χ1) is 8.93. The van der Waals surface area contributed by atoms with Crippen molar-refractivity contribution in [3.8, 4) is 0 Å². The molecule has 1 unspecified atom stereocenters. The van der Waals surface area contributed by atoms with E-state index in [1.807, 2.05) is 0 Å². The summed E-state index contributed by atoms with van der Waals surface area (Å²) in [7, 11) is 0. The average molecular weight is 287 g/mol. The number of carbonyl (C=O) groups excluding carboxylic acids is 1. The second-order valence-corrected chi connectivity index (χ2v) is 4.55. The van der Waals surface area contributed by atoms with Crippen LogP contribution < -0.4 is 5.32 Å². The van der Waals surface area contributed by atoms with Crippen molar-refractivity contribution in [2.75, 3.05) is 6.54 Å². The zero-order chi connectivity index (χ0) is 14.4. The lowest BCUT2D eigenvalue weighted by atomic mass is 10.1. The van der Waals surface area contributed by atoms with E-state index in [1.54, 1.807) is 6.92 Å². The van der Waals surface area contributed by atoms with E-state index in [9.17, 15) is 14.9 Å². The smallest absolute Gasteiger partial charge is 0.300 e. The van der Waals surface area contributed by atoms with Crippen LogP contribution in [0.1, 0.15) is 30.1 Å². The number of nitro groups is 1. The van der Waals surface area contributed by atoms with Crippen molar-refractivity contribution in [3.05, 3.63) is 38.9 Å². The number of halogens is 1. The summed E-state index contributed by atoms with van der Waals surface area (Å²) in [6.07, 6.45) is 0.716. The summed E-state index contributed by atoms with van der Waals surface area (Å²) in [5.41, 5.74) is -0.452. The van der Waals surface area contributed by atoms with Crippen molar-refractivity contribution >= 4 is 23.2 Å². The van der Waals surface area contributed by atoms with Gasteiger partial charge in [-0.05, 0) is 31.9 Å². The van der Waals surface area contributed by atoms with Crippen LogP contribution in [0.2, 0.25) is 5.02 Å². The molecular weight excluding hydrogens is 272 g/mol. The van der Waals surface area contributed by atoms with E-state index in [4.69, 9.17) is 16.7 Å². The molecule has 1 amide bonds. The lowest BCUT2D eigenvalue weighted by Crippen LogP contribution is -2.25. The molecule has 0 spiro atoms. The van der Waals surface area contributed by atoms with E-state index < -0.39 is 22.6 Å². The summed E-state index contributed by atoms with van der Waals surface area (Å²) in [4.78, 5) is 22.0. The van der Waals surface area contributed by atoms with Gasteiger partial charge in [0.15, 0.2) is 0 Å². The first-order valence-corrected chi connectivity index (χ1v) is 6.20. The summed E-state index contributed by atoms with van der Waals surface area (Å²) in [5, 5.41) is 22.4. The Balaban J connectivity index is 2.72. The molecule has 19 heavy (non-hydrogen) atoms. The molecule has 1 atom stereocenters. The van der Waals surface area contributed by atoms with Crippen LogP contribution in [0.3, 0.4) is 0 Å². The molecule has 0 heterocycles. The Kier molecular flexibility index (Phi) is 5.72. The lowest BCUT2D eigenvalue weighted by molar-refractivity contribution is -0.385. The van der Waals surface area contributed by atoms with Gasteiger partial charge in [0, 0.05) is 6.54 Å². The van der Waals surface area contributed by atoms with Gasteiger partial charge in [0.2, 0.25) is 0 Å². The van der Waals surface area contributed by atoms with Crippen LogP contribution in [-0.2, 0) is 0 Å². The molecule has 1 rings (SSSR count). The SMILES string of the molecule is CC(O)CCCNC(=O)c1cccc(Cl)c1[N+](=O)[O-]. The number of benzene rings is 1. The highest BCUT2D eigenvalue weighted by molar-refractivity contribution is 6.33. The number of nitrogens with one attached hydrogen (secondary N) is 1. The number of aliphatic hydroxyl groups excluding tert-OH is 1. The molecular formula is C12H15ClN2O4. The van der Waals surface area contributed by atoms with Gasteiger partial charge in [-0.15, -0.1) is 0 Å². The van der Waals surface area contributed by atoms with Gasteiger partial charge in [-0.3, -0.25) is 14.9 Å². The van der Waals surface area contributed by atoms with Crippen LogP contribution in [-0.4, -0.2) is 28.6 Å². The molecule has 104 valence electrons. The van der Waals surface area contributed by atoms with E-state index in [2.05, 4.69) is 5.32 Å². The third kappa shape index (κ3) is 4.50. The Labute approximate surface area is 115 Å². The third-order valence-electron chi connectivity index (χ3n) is 2.50. The van der Waals surface area contributed by atoms with E-state index in [0.29, 0.717) is 19.4 Å². The Bertz CT molecular complexity index is 477. The molecule has 0 saturated carbocycles. The van der Waals surface area contributed by atoms with Crippen LogP contribution in [0, 0.1) is 10.1 Å². The fourth-order valence-electron chi connectivity index (χ4n) is 1.58. The molecule has 1 aromatic carbocycles. The number of rotatable bonds is 6. The van der Waals surface area contributed by atoms with Gasteiger partial charge in [-0.25, -0.2) is 0 Å². The predicted octanol–water partition coefficient (Wildman–Crippen LogP) is 2.14. The maximum absolute atomic E-state index is 11.8.